The van der Waals surface area contributed by atoms with Crippen LogP contribution < -0.4 is 4.90 Å². The molecule has 1 aromatic carbocycles. The fourth-order valence-corrected chi connectivity index (χ4v) is 8.92. The molecule has 4 aliphatic carbocycles. The van der Waals surface area contributed by atoms with Crippen LogP contribution >= 0.6 is 0 Å². The van der Waals surface area contributed by atoms with Crippen LogP contribution in [0.15, 0.2) is 47.1 Å². The minimum atomic E-state index is -1.15. The summed E-state index contributed by atoms with van der Waals surface area (Å²) in [5.74, 6) is 6.37. The second-order valence-corrected chi connectivity index (χ2v) is 12.3. The predicted octanol–water partition coefficient (Wildman–Crippen LogP) is 5.71. The van der Waals surface area contributed by atoms with Crippen LogP contribution in [-0.4, -0.2) is 42.5 Å². The Bertz CT molecular complexity index is 1280. The summed E-state index contributed by atoms with van der Waals surface area (Å²) in [6.07, 6.45) is 6.49. The van der Waals surface area contributed by atoms with Crippen LogP contribution in [0, 0.1) is 34.5 Å². The lowest BCUT2D eigenvalue weighted by Gasteiger charge is -2.55. The number of hydrogen-bond donors (Lipinski definition) is 1. The highest BCUT2D eigenvalue weighted by Gasteiger charge is 2.65. The second kappa shape index (κ2) is 9.49. The van der Waals surface area contributed by atoms with Gasteiger partial charge in [-0.3, -0.25) is 9.59 Å². The van der Waals surface area contributed by atoms with E-state index in [2.05, 4.69) is 47.9 Å². The third-order valence-corrected chi connectivity index (χ3v) is 10.7. The first kappa shape index (κ1) is 25.6. The molecule has 0 amide bonds. The third kappa shape index (κ3) is 3.74. The number of benzene rings is 1. The van der Waals surface area contributed by atoms with Gasteiger partial charge in [-0.2, -0.15) is 0 Å². The number of carbonyl (C=O) groups is 2. The molecule has 0 spiro atoms. The van der Waals surface area contributed by atoms with E-state index in [-0.39, 0.29) is 35.9 Å². The molecule has 5 aliphatic rings. The van der Waals surface area contributed by atoms with Gasteiger partial charge in [-0.15, -0.1) is 0 Å². The maximum atomic E-state index is 15.8. The van der Waals surface area contributed by atoms with Crippen LogP contribution in [0.3, 0.4) is 0 Å². The lowest BCUT2D eigenvalue weighted by atomic mass is 9.48. The monoisotopic (exact) mass is 515 g/mol. The number of aliphatic hydroxyl groups excluding tert-OH is 1. The summed E-state index contributed by atoms with van der Waals surface area (Å²) in [4.78, 5) is 28.1. The number of anilines is 1. The quantitative estimate of drug-likeness (QED) is 0.525. The van der Waals surface area contributed by atoms with E-state index < -0.39 is 17.0 Å². The van der Waals surface area contributed by atoms with Gasteiger partial charge in [0, 0.05) is 31.1 Å². The second-order valence-electron chi connectivity index (χ2n) is 12.3. The molecule has 0 radical (unpaired) electrons. The van der Waals surface area contributed by atoms with Gasteiger partial charge in [-0.25, -0.2) is 4.39 Å². The Labute approximate surface area is 225 Å². The van der Waals surface area contributed by atoms with Gasteiger partial charge in [0.05, 0.1) is 5.41 Å². The zero-order valence-corrected chi connectivity index (χ0v) is 22.6. The van der Waals surface area contributed by atoms with Crippen molar-refractivity contribution in [3.63, 3.8) is 0 Å². The van der Waals surface area contributed by atoms with E-state index >= 15 is 4.39 Å². The van der Waals surface area contributed by atoms with Crippen molar-refractivity contribution >= 4 is 17.3 Å². The Hall–Kier alpha value is -2.71. The van der Waals surface area contributed by atoms with Gasteiger partial charge in [-0.1, -0.05) is 36.5 Å². The lowest BCUT2D eigenvalue weighted by Crippen LogP contribution is -2.51. The molecule has 1 N–H and O–H groups in total. The van der Waals surface area contributed by atoms with Crippen molar-refractivity contribution in [1.29, 1.82) is 0 Å². The Morgan fingerprint density at radius 1 is 1.18 bits per heavy atom. The van der Waals surface area contributed by atoms with E-state index in [4.69, 9.17) is 0 Å². The molecule has 6 rings (SSSR count). The van der Waals surface area contributed by atoms with Crippen LogP contribution in [0.25, 0.3) is 0 Å². The third-order valence-electron chi connectivity index (χ3n) is 10.7. The van der Waals surface area contributed by atoms with Crippen molar-refractivity contribution in [2.75, 3.05) is 24.6 Å². The zero-order valence-electron chi connectivity index (χ0n) is 22.6. The van der Waals surface area contributed by atoms with Crippen molar-refractivity contribution in [3.8, 4) is 11.8 Å². The molecule has 6 atom stereocenters. The highest BCUT2D eigenvalue weighted by atomic mass is 19.1. The minimum Gasteiger partial charge on any atom is -0.384 e. The molecule has 2 saturated carbocycles. The van der Waals surface area contributed by atoms with Crippen LogP contribution in [0.5, 0.6) is 0 Å². The number of rotatable bonds is 3. The van der Waals surface area contributed by atoms with Crippen molar-refractivity contribution < 1.29 is 19.1 Å². The summed E-state index contributed by atoms with van der Waals surface area (Å²) < 4.78 is 15.8. The van der Waals surface area contributed by atoms with Crippen molar-refractivity contribution in [2.45, 2.75) is 77.3 Å². The van der Waals surface area contributed by atoms with Gasteiger partial charge in [0.1, 0.15) is 18.6 Å². The number of nitrogens with zero attached hydrogens (tertiary/aromatic N) is 1. The van der Waals surface area contributed by atoms with Crippen molar-refractivity contribution in [1.82, 2.24) is 0 Å². The highest BCUT2D eigenvalue weighted by Crippen LogP contribution is 2.69. The molecule has 5 heteroatoms. The molecule has 3 fully saturated rings. The van der Waals surface area contributed by atoms with E-state index in [0.717, 1.165) is 31.5 Å². The molecule has 1 aliphatic heterocycles. The summed E-state index contributed by atoms with van der Waals surface area (Å²) in [6, 6.07) is 8.90. The van der Waals surface area contributed by atoms with Crippen LogP contribution in [-0.2, 0) is 9.59 Å². The molecule has 200 valence electrons. The number of allylic oxidation sites excluding steroid dienone is 4. The van der Waals surface area contributed by atoms with Crippen molar-refractivity contribution in [2.24, 2.45) is 22.7 Å². The van der Waals surface area contributed by atoms with E-state index in [1.54, 1.807) is 13.0 Å². The minimum absolute atomic E-state index is 0.0181. The molecule has 1 unspecified atom stereocenters. The smallest absolute Gasteiger partial charge is 0.156 e. The summed E-state index contributed by atoms with van der Waals surface area (Å²) in [6.45, 7) is 5.74. The van der Waals surface area contributed by atoms with Gasteiger partial charge >= 0.3 is 0 Å². The van der Waals surface area contributed by atoms with Crippen LogP contribution in [0.4, 0.5) is 10.1 Å². The summed E-state index contributed by atoms with van der Waals surface area (Å²) >= 11 is 0. The number of fused-ring (bicyclic) bond motifs is 4. The van der Waals surface area contributed by atoms with E-state index in [1.165, 1.54) is 29.7 Å². The Kier molecular flexibility index (Phi) is 6.38. The summed E-state index contributed by atoms with van der Waals surface area (Å²) in [7, 11) is 0. The zero-order chi connectivity index (χ0) is 26.7. The molecule has 1 heterocycles. The molecule has 1 saturated heterocycles. The number of carbonyl (C=O) groups excluding carboxylic acids is 2. The molecule has 4 nitrogen and oxygen atoms in total. The maximum absolute atomic E-state index is 15.8. The molecular weight excluding hydrogens is 477 g/mol. The number of hydrogen-bond acceptors (Lipinski definition) is 4. The van der Waals surface area contributed by atoms with Gasteiger partial charge in [-0.05, 0) is 104 Å². The first-order chi connectivity index (χ1) is 18.3. The van der Waals surface area contributed by atoms with E-state index in [0.29, 0.717) is 31.3 Å². The fraction of sp³-hybridized carbons (Fsp3) is 0.576. The van der Waals surface area contributed by atoms with Gasteiger partial charge in [0.15, 0.2) is 5.78 Å². The summed E-state index contributed by atoms with van der Waals surface area (Å²) in [5, 5.41) is 9.54. The number of ketones is 2. The first-order valence-electron chi connectivity index (χ1n) is 14.4. The van der Waals surface area contributed by atoms with Crippen molar-refractivity contribution in [3.05, 3.63) is 52.6 Å². The average Bonchev–Trinajstić information content (AvgIpc) is 3.54. The number of Topliss-reactive ketones (excluding diaryl/α,β-unsaturated/α-hetero) is 1. The molecule has 38 heavy (non-hydrogen) atoms. The van der Waals surface area contributed by atoms with E-state index in [1.807, 2.05) is 0 Å². The Morgan fingerprint density at radius 2 is 1.92 bits per heavy atom. The number of aliphatic hydroxyl groups is 1. The molecule has 0 aromatic heterocycles. The topological polar surface area (TPSA) is 57.6 Å². The Morgan fingerprint density at radius 3 is 2.61 bits per heavy atom. The average molecular weight is 516 g/mol. The molecule has 1 aromatic rings. The first-order valence-corrected chi connectivity index (χ1v) is 14.4. The number of alkyl halides is 1. The largest absolute Gasteiger partial charge is 0.384 e. The predicted molar refractivity (Wildman–Crippen MR) is 146 cm³/mol. The van der Waals surface area contributed by atoms with Crippen LogP contribution in [0.1, 0.15) is 76.7 Å². The van der Waals surface area contributed by atoms with Gasteiger partial charge in [0.25, 0.3) is 0 Å². The summed E-state index contributed by atoms with van der Waals surface area (Å²) in [5.41, 5.74) is 4.14. The normalized spacial score (nSPS) is 36.2. The van der Waals surface area contributed by atoms with E-state index in [9.17, 15) is 14.7 Å². The Balaban J connectivity index is 1.50. The number of halogens is 1. The van der Waals surface area contributed by atoms with Gasteiger partial charge in [0.2, 0.25) is 0 Å². The highest BCUT2D eigenvalue weighted by molar-refractivity contribution is 5.93. The fourth-order valence-electron chi connectivity index (χ4n) is 8.92. The molecular formula is C33H38FNO3. The SMILES string of the molecule is CC(=O)[C@@]1(C#CCO)CC[C@H]2[C@@H]3CC(F)C4=CC(=O)CCC4=C3[C@@H](c3ccc(N4CCCC4)cc3)C[C@@]21C. The maximum Gasteiger partial charge on any atom is 0.156 e. The molecule has 0 bridgehead atoms. The van der Waals surface area contributed by atoms with Crippen LogP contribution in [0.2, 0.25) is 0 Å². The van der Waals surface area contributed by atoms with Gasteiger partial charge < -0.3 is 10.0 Å². The standard InChI is InChI=1S/C33H38FNO3/c1-21(37)33(13-5-17-36)14-12-29-27-19-30(34)26-18-24(38)10-11-25(26)31(27)28(20-32(29,33)2)22-6-8-23(9-7-22)35-15-3-4-16-35/h6-9,18,27-30,36H,3-4,10-12,14-17,19-20H2,1-2H3/t27-,28+,29-,30?,32-,33+/m0/s1. The lowest BCUT2D eigenvalue weighted by molar-refractivity contribution is -0.130.